The molecular weight excluding hydrogens is 388 g/mol. The summed E-state index contributed by atoms with van der Waals surface area (Å²) in [7, 11) is 0. The van der Waals surface area contributed by atoms with Crippen LogP contribution < -0.4 is 5.32 Å². The normalized spacial score (nSPS) is 10.2. The van der Waals surface area contributed by atoms with Gasteiger partial charge in [-0.05, 0) is 58.5 Å². The van der Waals surface area contributed by atoms with Gasteiger partial charge < -0.3 is 10.4 Å². The number of carboxylic acid groups (broad SMARTS) is 1. The zero-order chi connectivity index (χ0) is 15.4. The van der Waals surface area contributed by atoms with Crippen molar-refractivity contribution in [3.63, 3.8) is 0 Å². The highest BCUT2D eigenvalue weighted by Crippen LogP contribution is 2.17. The fourth-order valence-electron chi connectivity index (χ4n) is 1.81. The van der Waals surface area contributed by atoms with E-state index in [1.165, 1.54) is 18.2 Å². The van der Waals surface area contributed by atoms with Crippen LogP contribution in [-0.2, 0) is 11.2 Å². The second kappa shape index (κ2) is 6.66. The zero-order valence-corrected chi connectivity index (χ0v) is 12.9. The largest absolute Gasteiger partial charge is 0.481 e. The minimum Gasteiger partial charge on any atom is -0.481 e. The Morgan fingerprint density at radius 1 is 1.19 bits per heavy atom. The lowest BCUT2D eigenvalue weighted by molar-refractivity contribution is -0.136. The molecule has 0 radical (unpaired) electrons. The zero-order valence-electron chi connectivity index (χ0n) is 10.8. The number of carbonyl (C=O) groups is 2. The van der Waals surface area contributed by atoms with Crippen LogP contribution in [0.3, 0.4) is 0 Å². The summed E-state index contributed by atoms with van der Waals surface area (Å²) in [4.78, 5) is 22.8. The SMILES string of the molecule is O=C(O)Cc1cccc(NC(=O)c2ccc(F)cc2I)c1. The van der Waals surface area contributed by atoms with Gasteiger partial charge in [0.05, 0.1) is 12.0 Å². The topological polar surface area (TPSA) is 66.4 Å². The lowest BCUT2D eigenvalue weighted by Gasteiger charge is -2.08. The summed E-state index contributed by atoms with van der Waals surface area (Å²) in [5.74, 6) is -1.71. The van der Waals surface area contributed by atoms with Crippen LogP contribution in [-0.4, -0.2) is 17.0 Å². The summed E-state index contributed by atoms with van der Waals surface area (Å²) in [5, 5.41) is 11.4. The van der Waals surface area contributed by atoms with Crippen LogP contribution in [0.2, 0.25) is 0 Å². The molecule has 0 saturated carbocycles. The molecule has 2 aromatic rings. The molecule has 2 N–H and O–H groups in total. The lowest BCUT2D eigenvalue weighted by Crippen LogP contribution is -2.14. The second-order valence-corrected chi connectivity index (χ2v) is 5.51. The van der Waals surface area contributed by atoms with E-state index in [0.29, 0.717) is 20.4 Å². The standard InChI is InChI=1S/C15H11FINO3/c16-10-4-5-12(13(17)8-10)15(21)18-11-3-1-2-9(6-11)7-14(19)20/h1-6,8H,7H2,(H,18,21)(H,19,20). The first-order valence-corrected chi connectivity index (χ1v) is 7.11. The Bertz CT molecular complexity index is 703. The van der Waals surface area contributed by atoms with Crippen LogP contribution >= 0.6 is 22.6 Å². The van der Waals surface area contributed by atoms with E-state index in [0.717, 1.165) is 0 Å². The van der Waals surface area contributed by atoms with Crippen molar-refractivity contribution >= 4 is 40.2 Å². The molecule has 6 heteroatoms. The Hall–Kier alpha value is -1.96. The molecule has 0 heterocycles. The summed E-state index contributed by atoms with van der Waals surface area (Å²) in [6.45, 7) is 0. The van der Waals surface area contributed by atoms with Crippen molar-refractivity contribution in [1.29, 1.82) is 0 Å². The van der Waals surface area contributed by atoms with Gasteiger partial charge in [0, 0.05) is 9.26 Å². The number of benzene rings is 2. The maximum absolute atomic E-state index is 13.0. The molecule has 108 valence electrons. The molecule has 1 amide bonds. The molecule has 0 aliphatic carbocycles. The Morgan fingerprint density at radius 2 is 1.95 bits per heavy atom. The number of hydrogen-bond acceptors (Lipinski definition) is 2. The van der Waals surface area contributed by atoms with Crippen LogP contribution in [0.4, 0.5) is 10.1 Å². The van der Waals surface area contributed by atoms with E-state index in [9.17, 15) is 14.0 Å². The van der Waals surface area contributed by atoms with Crippen molar-refractivity contribution in [3.8, 4) is 0 Å². The predicted octanol–water partition coefficient (Wildman–Crippen LogP) is 3.31. The Morgan fingerprint density at radius 3 is 2.62 bits per heavy atom. The summed E-state index contributed by atoms with van der Waals surface area (Å²) >= 11 is 1.89. The van der Waals surface area contributed by atoms with E-state index in [-0.39, 0.29) is 12.3 Å². The van der Waals surface area contributed by atoms with Gasteiger partial charge in [0.25, 0.3) is 5.91 Å². The number of rotatable bonds is 4. The lowest BCUT2D eigenvalue weighted by atomic mass is 10.1. The van der Waals surface area contributed by atoms with Gasteiger partial charge in [-0.25, -0.2) is 4.39 Å². The number of halogens is 2. The third-order valence-corrected chi connectivity index (χ3v) is 3.61. The molecule has 0 aliphatic rings. The summed E-state index contributed by atoms with van der Waals surface area (Å²) < 4.78 is 13.5. The maximum atomic E-state index is 13.0. The molecule has 0 atom stereocenters. The van der Waals surface area contributed by atoms with E-state index in [4.69, 9.17) is 5.11 Å². The third-order valence-electron chi connectivity index (χ3n) is 2.72. The number of hydrogen-bond donors (Lipinski definition) is 2. The van der Waals surface area contributed by atoms with Gasteiger partial charge in [-0.3, -0.25) is 9.59 Å². The molecule has 0 saturated heterocycles. The highest BCUT2D eigenvalue weighted by atomic mass is 127. The number of amides is 1. The van der Waals surface area contributed by atoms with E-state index in [1.54, 1.807) is 24.3 Å². The van der Waals surface area contributed by atoms with Crippen LogP contribution in [0.15, 0.2) is 42.5 Å². The summed E-state index contributed by atoms with van der Waals surface area (Å²) in [5.41, 5.74) is 1.45. The Kier molecular flexibility index (Phi) is 4.89. The smallest absolute Gasteiger partial charge is 0.307 e. The first-order chi connectivity index (χ1) is 9.95. The highest BCUT2D eigenvalue weighted by Gasteiger charge is 2.11. The van der Waals surface area contributed by atoms with Gasteiger partial charge in [-0.1, -0.05) is 12.1 Å². The molecule has 0 aromatic heterocycles. The fourth-order valence-corrected chi connectivity index (χ4v) is 2.53. The van der Waals surface area contributed by atoms with Gasteiger partial charge in [-0.2, -0.15) is 0 Å². The number of aliphatic carboxylic acids is 1. The number of carbonyl (C=O) groups excluding carboxylic acids is 1. The van der Waals surface area contributed by atoms with Gasteiger partial charge in [0.1, 0.15) is 5.82 Å². The van der Waals surface area contributed by atoms with E-state index in [1.807, 2.05) is 22.6 Å². The van der Waals surface area contributed by atoms with E-state index < -0.39 is 11.8 Å². The number of nitrogens with one attached hydrogen (secondary N) is 1. The van der Waals surface area contributed by atoms with Crippen molar-refractivity contribution in [2.45, 2.75) is 6.42 Å². The Labute approximate surface area is 134 Å². The van der Waals surface area contributed by atoms with Gasteiger partial charge in [-0.15, -0.1) is 0 Å². The minimum absolute atomic E-state index is 0.113. The van der Waals surface area contributed by atoms with E-state index >= 15 is 0 Å². The molecule has 0 fully saturated rings. The molecule has 0 unspecified atom stereocenters. The maximum Gasteiger partial charge on any atom is 0.307 e. The van der Waals surface area contributed by atoms with Gasteiger partial charge in [0.15, 0.2) is 0 Å². The van der Waals surface area contributed by atoms with Crippen LogP contribution in [0.5, 0.6) is 0 Å². The first kappa shape index (κ1) is 15.4. The number of anilines is 1. The van der Waals surface area contributed by atoms with Crippen molar-refractivity contribution in [1.82, 2.24) is 0 Å². The molecule has 0 bridgehead atoms. The summed E-state index contributed by atoms with van der Waals surface area (Å²) in [6, 6.07) is 10.5. The quantitative estimate of drug-likeness (QED) is 0.776. The molecule has 0 spiro atoms. The number of carboxylic acids is 1. The van der Waals surface area contributed by atoms with E-state index in [2.05, 4.69) is 5.32 Å². The second-order valence-electron chi connectivity index (χ2n) is 4.35. The van der Waals surface area contributed by atoms with Crippen LogP contribution in [0, 0.1) is 9.39 Å². The van der Waals surface area contributed by atoms with Crippen molar-refractivity contribution in [2.75, 3.05) is 5.32 Å². The monoisotopic (exact) mass is 399 g/mol. The first-order valence-electron chi connectivity index (χ1n) is 6.03. The van der Waals surface area contributed by atoms with Crippen LogP contribution in [0.25, 0.3) is 0 Å². The van der Waals surface area contributed by atoms with Crippen molar-refractivity contribution < 1.29 is 19.1 Å². The van der Waals surface area contributed by atoms with Gasteiger partial charge >= 0.3 is 5.97 Å². The molecule has 0 aliphatic heterocycles. The Balaban J connectivity index is 2.17. The summed E-state index contributed by atoms with van der Waals surface area (Å²) in [6.07, 6.45) is -0.113. The molecule has 2 aromatic carbocycles. The molecule has 21 heavy (non-hydrogen) atoms. The van der Waals surface area contributed by atoms with Crippen molar-refractivity contribution in [3.05, 3.63) is 63.0 Å². The van der Waals surface area contributed by atoms with Crippen molar-refractivity contribution in [2.24, 2.45) is 0 Å². The average Bonchev–Trinajstić information content (AvgIpc) is 2.37. The highest BCUT2D eigenvalue weighted by molar-refractivity contribution is 14.1. The molecular formula is C15H11FINO3. The predicted molar refractivity (Wildman–Crippen MR) is 84.9 cm³/mol. The minimum atomic E-state index is -0.938. The third kappa shape index (κ3) is 4.25. The average molecular weight is 399 g/mol. The fraction of sp³-hybridized carbons (Fsp3) is 0.0667. The molecule has 4 nitrogen and oxygen atoms in total. The molecule has 2 rings (SSSR count). The van der Waals surface area contributed by atoms with Crippen LogP contribution in [0.1, 0.15) is 15.9 Å². The van der Waals surface area contributed by atoms with Gasteiger partial charge in [0.2, 0.25) is 0 Å².